The first-order valence-corrected chi connectivity index (χ1v) is 11.1. The second kappa shape index (κ2) is 10.3. The first kappa shape index (κ1) is 22.6. The number of ether oxygens (including phenoxy) is 2. The number of rotatable bonds is 9. The monoisotopic (exact) mass is 433 g/mol. The Morgan fingerprint density at radius 1 is 1.40 bits per heavy atom. The minimum Gasteiger partial charge on any atom is -0.489 e. The van der Waals surface area contributed by atoms with Crippen LogP contribution in [0.1, 0.15) is 50.1 Å². The highest BCUT2D eigenvalue weighted by Crippen LogP contribution is 2.29. The van der Waals surface area contributed by atoms with Crippen molar-refractivity contribution in [1.82, 2.24) is 9.78 Å². The minimum absolute atomic E-state index is 0.0744. The van der Waals surface area contributed by atoms with E-state index in [1.165, 1.54) is 0 Å². The highest BCUT2D eigenvalue weighted by atomic mass is 35.5. The molecule has 7 heteroatoms. The van der Waals surface area contributed by atoms with Gasteiger partial charge in [-0.1, -0.05) is 25.4 Å². The van der Waals surface area contributed by atoms with Crippen molar-refractivity contribution in [3.8, 4) is 5.75 Å². The molecule has 1 saturated heterocycles. The SMILES string of the molecule is Cc1nn(CC(C)C)c(C)c1CCC(=O)Nc1cc(Cl)ccc1OCC1CCCO1. The Morgan fingerprint density at radius 3 is 2.90 bits per heavy atom. The maximum Gasteiger partial charge on any atom is 0.224 e. The number of carbonyl (C=O) groups excluding carboxylic acids is 1. The van der Waals surface area contributed by atoms with Gasteiger partial charge in [0.15, 0.2) is 0 Å². The molecule has 3 rings (SSSR count). The predicted octanol–water partition coefficient (Wildman–Crippen LogP) is 4.94. The van der Waals surface area contributed by atoms with E-state index in [0.29, 0.717) is 41.8 Å². The van der Waals surface area contributed by atoms with Gasteiger partial charge in [-0.25, -0.2) is 0 Å². The maximum absolute atomic E-state index is 12.7. The van der Waals surface area contributed by atoms with E-state index in [9.17, 15) is 4.79 Å². The van der Waals surface area contributed by atoms with Crippen molar-refractivity contribution < 1.29 is 14.3 Å². The van der Waals surface area contributed by atoms with Gasteiger partial charge in [0.2, 0.25) is 5.91 Å². The number of hydrogen-bond acceptors (Lipinski definition) is 4. The van der Waals surface area contributed by atoms with Crippen LogP contribution >= 0.6 is 11.6 Å². The summed E-state index contributed by atoms with van der Waals surface area (Å²) >= 11 is 6.14. The van der Waals surface area contributed by atoms with Crippen LogP contribution in [0.2, 0.25) is 5.02 Å². The third-order valence-electron chi connectivity index (χ3n) is 5.34. The number of anilines is 1. The van der Waals surface area contributed by atoms with E-state index < -0.39 is 0 Å². The molecule has 1 aliphatic rings. The van der Waals surface area contributed by atoms with Gasteiger partial charge in [-0.2, -0.15) is 5.10 Å². The molecule has 6 nitrogen and oxygen atoms in total. The van der Waals surface area contributed by atoms with Crippen molar-refractivity contribution in [2.24, 2.45) is 5.92 Å². The summed E-state index contributed by atoms with van der Waals surface area (Å²) in [5.41, 5.74) is 3.86. The molecular weight excluding hydrogens is 402 g/mol. The van der Waals surface area contributed by atoms with Gasteiger partial charge in [-0.3, -0.25) is 9.48 Å². The van der Waals surface area contributed by atoms with Gasteiger partial charge >= 0.3 is 0 Å². The molecule has 2 aromatic rings. The average molecular weight is 434 g/mol. The van der Waals surface area contributed by atoms with Gasteiger partial charge in [-0.15, -0.1) is 0 Å². The summed E-state index contributed by atoms with van der Waals surface area (Å²) in [7, 11) is 0. The second-order valence-electron chi connectivity index (χ2n) is 8.36. The normalized spacial score (nSPS) is 16.3. The molecule has 0 radical (unpaired) electrons. The summed E-state index contributed by atoms with van der Waals surface area (Å²) in [6.07, 6.45) is 3.18. The predicted molar refractivity (Wildman–Crippen MR) is 119 cm³/mol. The van der Waals surface area contributed by atoms with Gasteiger partial charge in [-0.05, 0) is 62.8 Å². The third-order valence-corrected chi connectivity index (χ3v) is 5.57. The molecule has 1 aromatic carbocycles. The van der Waals surface area contributed by atoms with Crippen molar-refractivity contribution in [3.63, 3.8) is 0 Å². The van der Waals surface area contributed by atoms with Crippen molar-refractivity contribution in [2.75, 3.05) is 18.5 Å². The second-order valence-corrected chi connectivity index (χ2v) is 8.80. The van der Waals surface area contributed by atoms with E-state index >= 15 is 0 Å². The Kier molecular flexibility index (Phi) is 7.78. The molecule has 1 atom stereocenters. The molecule has 2 heterocycles. The Labute approximate surface area is 183 Å². The topological polar surface area (TPSA) is 65.4 Å². The largest absolute Gasteiger partial charge is 0.489 e. The number of aryl methyl sites for hydroxylation is 1. The van der Waals surface area contributed by atoms with Crippen LogP contribution in [-0.2, 0) is 22.5 Å². The lowest BCUT2D eigenvalue weighted by Crippen LogP contribution is -2.18. The summed E-state index contributed by atoms with van der Waals surface area (Å²) in [6, 6.07) is 5.27. The van der Waals surface area contributed by atoms with Gasteiger partial charge < -0.3 is 14.8 Å². The molecule has 1 amide bonds. The van der Waals surface area contributed by atoms with Crippen LogP contribution < -0.4 is 10.1 Å². The van der Waals surface area contributed by atoms with Gasteiger partial charge in [0, 0.05) is 30.3 Å². The fourth-order valence-electron chi connectivity index (χ4n) is 3.75. The van der Waals surface area contributed by atoms with Crippen molar-refractivity contribution in [3.05, 3.63) is 40.2 Å². The van der Waals surface area contributed by atoms with Gasteiger partial charge in [0.05, 0.1) is 17.5 Å². The van der Waals surface area contributed by atoms with E-state index in [-0.39, 0.29) is 12.0 Å². The fourth-order valence-corrected chi connectivity index (χ4v) is 3.93. The summed E-state index contributed by atoms with van der Waals surface area (Å²) in [5, 5.41) is 8.15. The number of nitrogens with zero attached hydrogens (tertiary/aromatic N) is 2. The molecule has 0 saturated carbocycles. The molecule has 0 spiro atoms. The summed E-state index contributed by atoms with van der Waals surface area (Å²) < 4.78 is 13.6. The summed E-state index contributed by atoms with van der Waals surface area (Å²) in [5.74, 6) is 1.06. The molecular formula is C23H32ClN3O3. The van der Waals surface area contributed by atoms with Gasteiger partial charge in [0.25, 0.3) is 0 Å². The zero-order chi connectivity index (χ0) is 21.7. The Morgan fingerprint density at radius 2 is 2.20 bits per heavy atom. The summed E-state index contributed by atoms with van der Waals surface area (Å²) in [6.45, 7) is 10.6. The van der Waals surface area contributed by atoms with Crippen LogP contribution in [-0.4, -0.2) is 35.0 Å². The molecule has 30 heavy (non-hydrogen) atoms. The number of halogens is 1. The van der Waals surface area contributed by atoms with Crippen LogP contribution in [0, 0.1) is 19.8 Å². The van der Waals surface area contributed by atoms with Crippen molar-refractivity contribution in [1.29, 1.82) is 0 Å². The van der Waals surface area contributed by atoms with Crippen molar-refractivity contribution >= 4 is 23.2 Å². The van der Waals surface area contributed by atoms with Crippen LogP contribution in [0.3, 0.4) is 0 Å². The molecule has 1 aromatic heterocycles. The molecule has 0 bridgehead atoms. The van der Waals surface area contributed by atoms with Crippen LogP contribution in [0.15, 0.2) is 18.2 Å². The maximum atomic E-state index is 12.7. The van der Waals surface area contributed by atoms with Crippen molar-refractivity contribution in [2.45, 2.75) is 66.0 Å². The minimum atomic E-state index is -0.0744. The van der Waals surface area contributed by atoms with E-state index in [4.69, 9.17) is 21.1 Å². The van der Waals surface area contributed by atoms with E-state index in [1.54, 1.807) is 18.2 Å². The number of amides is 1. The van der Waals surface area contributed by atoms with Crippen LogP contribution in [0.4, 0.5) is 5.69 Å². The highest BCUT2D eigenvalue weighted by molar-refractivity contribution is 6.31. The number of carbonyl (C=O) groups is 1. The standard InChI is InChI=1S/C23H32ClN3O3/c1-15(2)13-27-17(4)20(16(3)26-27)8-10-23(28)25-21-12-18(24)7-9-22(21)30-14-19-6-5-11-29-19/h7,9,12,15,19H,5-6,8,10-11,13-14H2,1-4H3,(H,25,28). The number of benzene rings is 1. The van der Waals surface area contributed by atoms with Crippen LogP contribution in [0.25, 0.3) is 0 Å². The van der Waals surface area contributed by atoms with Gasteiger partial charge in [0.1, 0.15) is 12.4 Å². The lowest BCUT2D eigenvalue weighted by molar-refractivity contribution is -0.116. The first-order chi connectivity index (χ1) is 14.3. The number of aromatic nitrogens is 2. The number of hydrogen-bond donors (Lipinski definition) is 1. The third kappa shape index (κ3) is 5.99. The molecule has 1 N–H and O–H groups in total. The van der Waals surface area contributed by atoms with Crippen LogP contribution in [0.5, 0.6) is 5.75 Å². The van der Waals surface area contributed by atoms with E-state index in [1.807, 2.05) is 11.6 Å². The fraction of sp³-hybridized carbons (Fsp3) is 0.565. The number of nitrogens with one attached hydrogen (secondary N) is 1. The first-order valence-electron chi connectivity index (χ1n) is 10.7. The highest BCUT2D eigenvalue weighted by Gasteiger charge is 2.18. The average Bonchev–Trinajstić information content (AvgIpc) is 3.28. The molecule has 1 unspecified atom stereocenters. The Balaban J connectivity index is 1.61. The zero-order valence-corrected chi connectivity index (χ0v) is 19.1. The Bertz CT molecular complexity index is 873. The van der Waals surface area contributed by atoms with E-state index in [0.717, 1.165) is 42.9 Å². The quantitative estimate of drug-likeness (QED) is 0.608. The lowest BCUT2D eigenvalue weighted by atomic mass is 10.1. The molecule has 0 aliphatic carbocycles. The molecule has 164 valence electrons. The lowest BCUT2D eigenvalue weighted by Gasteiger charge is -2.15. The Hall–Kier alpha value is -2.05. The summed E-state index contributed by atoms with van der Waals surface area (Å²) in [4.78, 5) is 12.7. The molecule has 1 aliphatic heterocycles. The molecule has 1 fully saturated rings. The van der Waals surface area contributed by atoms with E-state index in [2.05, 4.69) is 31.2 Å². The smallest absolute Gasteiger partial charge is 0.224 e. The zero-order valence-electron chi connectivity index (χ0n) is 18.3.